The topological polar surface area (TPSA) is 25.4 Å². The molecule has 2 aromatic rings. The Bertz CT molecular complexity index is 482. The van der Waals surface area contributed by atoms with Crippen LogP contribution in [0.1, 0.15) is 17.7 Å². The molecule has 21 heavy (non-hydrogen) atoms. The zero-order chi connectivity index (χ0) is 14.3. The number of rotatable bonds is 6. The number of aromatic nitrogens is 1. The maximum Gasteiger partial charge on any atom is 0.0544 e. The predicted molar refractivity (Wildman–Crippen MR) is 83.7 cm³/mol. The number of nitrogens with zero attached hydrogens (tertiary/aromatic N) is 2. The first kappa shape index (κ1) is 14.2. The molecule has 0 aliphatic carbocycles. The van der Waals surface area contributed by atoms with Crippen molar-refractivity contribution in [2.45, 2.75) is 19.5 Å². The lowest BCUT2D eigenvalue weighted by Gasteiger charge is -2.24. The van der Waals surface area contributed by atoms with Crippen LogP contribution in [0.3, 0.4) is 0 Å². The van der Waals surface area contributed by atoms with E-state index < -0.39 is 0 Å². The van der Waals surface area contributed by atoms with E-state index in [4.69, 9.17) is 4.74 Å². The highest BCUT2D eigenvalue weighted by Crippen LogP contribution is 2.17. The van der Waals surface area contributed by atoms with Gasteiger partial charge in [-0.1, -0.05) is 36.4 Å². The number of ether oxygens (including phenoxy) is 1. The molecule has 0 radical (unpaired) electrons. The van der Waals surface area contributed by atoms with Gasteiger partial charge in [0.25, 0.3) is 0 Å². The van der Waals surface area contributed by atoms with Crippen LogP contribution in [-0.4, -0.2) is 29.6 Å². The third-order valence-corrected chi connectivity index (χ3v) is 3.90. The SMILES string of the molecule is c1ccc(CN(Cc2ccccn2)C[C@H]2CCOC2)cc1. The molecule has 1 aliphatic rings. The summed E-state index contributed by atoms with van der Waals surface area (Å²) in [5.41, 5.74) is 2.49. The van der Waals surface area contributed by atoms with Gasteiger partial charge in [0.2, 0.25) is 0 Å². The molecule has 0 amide bonds. The van der Waals surface area contributed by atoms with Crippen LogP contribution in [0, 0.1) is 5.92 Å². The van der Waals surface area contributed by atoms with Crippen LogP contribution in [0.15, 0.2) is 54.7 Å². The molecular formula is C18H22N2O. The van der Waals surface area contributed by atoms with Gasteiger partial charge in [0, 0.05) is 32.4 Å². The minimum atomic E-state index is 0.650. The smallest absolute Gasteiger partial charge is 0.0544 e. The molecule has 110 valence electrons. The van der Waals surface area contributed by atoms with Crippen LogP contribution in [0.5, 0.6) is 0 Å². The summed E-state index contributed by atoms with van der Waals surface area (Å²) in [6.07, 6.45) is 3.04. The van der Waals surface area contributed by atoms with Gasteiger partial charge in [0.05, 0.1) is 12.3 Å². The number of hydrogen-bond donors (Lipinski definition) is 0. The quantitative estimate of drug-likeness (QED) is 0.814. The fourth-order valence-corrected chi connectivity index (χ4v) is 2.84. The molecule has 3 nitrogen and oxygen atoms in total. The molecule has 3 rings (SSSR count). The summed E-state index contributed by atoms with van der Waals surface area (Å²) in [6, 6.07) is 16.8. The van der Waals surface area contributed by atoms with Gasteiger partial charge >= 0.3 is 0 Å². The van der Waals surface area contributed by atoms with Gasteiger partial charge in [-0.05, 0) is 30.0 Å². The van der Waals surface area contributed by atoms with Crippen LogP contribution in [0.2, 0.25) is 0 Å². The molecule has 1 aromatic heterocycles. The number of hydrogen-bond acceptors (Lipinski definition) is 3. The lowest BCUT2D eigenvalue weighted by molar-refractivity contribution is 0.161. The van der Waals surface area contributed by atoms with Crippen molar-refractivity contribution in [1.29, 1.82) is 0 Å². The average molecular weight is 282 g/mol. The van der Waals surface area contributed by atoms with Crippen molar-refractivity contribution in [2.24, 2.45) is 5.92 Å². The van der Waals surface area contributed by atoms with E-state index in [-0.39, 0.29) is 0 Å². The molecule has 1 fully saturated rings. The van der Waals surface area contributed by atoms with Crippen molar-refractivity contribution in [3.8, 4) is 0 Å². The maximum atomic E-state index is 5.52. The third-order valence-electron chi connectivity index (χ3n) is 3.90. The van der Waals surface area contributed by atoms with E-state index in [9.17, 15) is 0 Å². The van der Waals surface area contributed by atoms with Crippen molar-refractivity contribution in [2.75, 3.05) is 19.8 Å². The zero-order valence-electron chi connectivity index (χ0n) is 12.3. The fourth-order valence-electron chi connectivity index (χ4n) is 2.84. The van der Waals surface area contributed by atoms with Gasteiger partial charge < -0.3 is 4.74 Å². The van der Waals surface area contributed by atoms with Gasteiger partial charge in [-0.3, -0.25) is 9.88 Å². The molecular weight excluding hydrogens is 260 g/mol. The number of benzene rings is 1. The van der Waals surface area contributed by atoms with E-state index in [1.165, 1.54) is 12.0 Å². The normalized spacial score (nSPS) is 18.2. The Morgan fingerprint density at radius 2 is 1.90 bits per heavy atom. The Balaban J connectivity index is 1.67. The molecule has 1 aromatic carbocycles. The van der Waals surface area contributed by atoms with E-state index in [0.29, 0.717) is 5.92 Å². The lowest BCUT2D eigenvalue weighted by atomic mass is 10.1. The first-order chi connectivity index (χ1) is 10.4. The van der Waals surface area contributed by atoms with Crippen molar-refractivity contribution in [3.63, 3.8) is 0 Å². The third kappa shape index (κ3) is 4.38. The van der Waals surface area contributed by atoms with Crippen molar-refractivity contribution < 1.29 is 4.74 Å². The summed E-state index contributed by atoms with van der Waals surface area (Å²) < 4.78 is 5.52. The largest absolute Gasteiger partial charge is 0.381 e. The molecule has 2 heterocycles. The Morgan fingerprint density at radius 3 is 2.62 bits per heavy atom. The summed E-state index contributed by atoms with van der Waals surface area (Å²) in [5, 5.41) is 0. The Kier molecular flexibility index (Phi) is 4.98. The van der Waals surface area contributed by atoms with Crippen LogP contribution in [0.25, 0.3) is 0 Å². The van der Waals surface area contributed by atoms with Gasteiger partial charge in [0.15, 0.2) is 0 Å². The minimum Gasteiger partial charge on any atom is -0.381 e. The maximum absolute atomic E-state index is 5.52. The molecule has 0 N–H and O–H groups in total. The first-order valence-corrected chi connectivity index (χ1v) is 7.64. The summed E-state index contributed by atoms with van der Waals surface area (Å²) in [6.45, 7) is 4.74. The molecule has 3 heteroatoms. The molecule has 1 atom stereocenters. The van der Waals surface area contributed by atoms with Gasteiger partial charge in [-0.15, -0.1) is 0 Å². The lowest BCUT2D eigenvalue weighted by Crippen LogP contribution is -2.29. The van der Waals surface area contributed by atoms with E-state index in [0.717, 1.165) is 38.5 Å². The summed E-state index contributed by atoms with van der Waals surface area (Å²) in [5.74, 6) is 0.650. The van der Waals surface area contributed by atoms with Crippen LogP contribution in [0.4, 0.5) is 0 Å². The highest BCUT2D eigenvalue weighted by atomic mass is 16.5. The second-order valence-electron chi connectivity index (χ2n) is 5.71. The first-order valence-electron chi connectivity index (χ1n) is 7.64. The van der Waals surface area contributed by atoms with Crippen LogP contribution in [-0.2, 0) is 17.8 Å². The van der Waals surface area contributed by atoms with E-state index in [1.807, 2.05) is 12.3 Å². The highest BCUT2D eigenvalue weighted by molar-refractivity contribution is 5.15. The Morgan fingerprint density at radius 1 is 1.05 bits per heavy atom. The second-order valence-corrected chi connectivity index (χ2v) is 5.71. The number of pyridine rings is 1. The van der Waals surface area contributed by atoms with Gasteiger partial charge in [0.1, 0.15) is 0 Å². The van der Waals surface area contributed by atoms with Crippen molar-refractivity contribution in [3.05, 3.63) is 66.0 Å². The summed E-state index contributed by atoms with van der Waals surface area (Å²) in [4.78, 5) is 6.94. The van der Waals surface area contributed by atoms with E-state index in [1.54, 1.807) is 0 Å². The molecule has 0 spiro atoms. The molecule has 0 bridgehead atoms. The van der Waals surface area contributed by atoms with E-state index in [2.05, 4.69) is 52.3 Å². The van der Waals surface area contributed by atoms with Crippen molar-refractivity contribution >= 4 is 0 Å². The van der Waals surface area contributed by atoms with Crippen LogP contribution >= 0.6 is 0 Å². The molecule has 0 unspecified atom stereocenters. The second kappa shape index (κ2) is 7.34. The fraction of sp³-hybridized carbons (Fsp3) is 0.389. The minimum absolute atomic E-state index is 0.650. The standard InChI is InChI=1S/C18H22N2O/c1-2-6-16(7-3-1)12-20(13-17-9-11-21-15-17)14-18-8-4-5-10-19-18/h1-8,10,17H,9,11-15H2/t17-/m1/s1. The van der Waals surface area contributed by atoms with E-state index >= 15 is 0 Å². The Labute approximate surface area is 126 Å². The predicted octanol–water partition coefficient (Wildman–Crippen LogP) is 3.12. The molecule has 1 saturated heterocycles. The Hall–Kier alpha value is -1.71. The summed E-state index contributed by atoms with van der Waals surface area (Å²) in [7, 11) is 0. The molecule has 1 aliphatic heterocycles. The highest BCUT2D eigenvalue weighted by Gasteiger charge is 2.19. The monoisotopic (exact) mass is 282 g/mol. The van der Waals surface area contributed by atoms with Gasteiger partial charge in [-0.2, -0.15) is 0 Å². The molecule has 0 saturated carbocycles. The zero-order valence-corrected chi connectivity index (χ0v) is 12.3. The average Bonchev–Trinajstić information content (AvgIpc) is 3.02. The van der Waals surface area contributed by atoms with Crippen LogP contribution < -0.4 is 0 Å². The summed E-state index contributed by atoms with van der Waals surface area (Å²) >= 11 is 0. The van der Waals surface area contributed by atoms with Crippen molar-refractivity contribution in [1.82, 2.24) is 9.88 Å². The van der Waals surface area contributed by atoms with Gasteiger partial charge in [-0.25, -0.2) is 0 Å².